The van der Waals surface area contributed by atoms with Gasteiger partial charge in [-0.25, -0.2) is 4.79 Å². The van der Waals surface area contributed by atoms with E-state index in [9.17, 15) is 50.4 Å². The van der Waals surface area contributed by atoms with Crippen LogP contribution in [0.25, 0.3) is 0 Å². The standard InChI is InChI=1S/C44H68O17/c1-18(2)12-20(45)13-19(3)23-6-7-24-22-15-28-26-14-21(8-10-44(26,5)25(22)9-11-43(23,24)4)57-42-38(34(51)33(50)36(59-42)39(53)54)61-41-37(30(47)27(46)16-56-41)60-40-35(52)32(49)31(48)29(58-40)17-55-28/h15,18-19,21,23-38,40-42,46-52H,6-14,16-17H2,1-5H3,(H,53,54). The zero-order valence-electron chi connectivity index (χ0n) is 35.8. The Morgan fingerprint density at radius 2 is 1.38 bits per heavy atom. The van der Waals surface area contributed by atoms with Crippen LogP contribution in [0.1, 0.15) is 92.4 Å². The Morgan fingerprint density at radius 1 is 0.689 bits per heavy atom. The number of ether oxygens (including phenoxy) is 7. The van der Waals surface area contributed by atoms with Gasteiger partial charge in [-0.1, -0.05) is 46.3 Å². The van der Waals surface area contributed by atoms with Gasteiger partial charge in [0.05, 0.1) is 25.4 Å². The van der Waals surface area contributed by atoms with Gasteiger partial charge < -0.3 is 74.0 Å². The van der Waals surface area contributed by atoms with Gasteiger partial charge >= 0.3 is 5.97 Å². The quantitative estimate of drug-likeness (QED) is 0.172. The summed E-state index contributed by atoms with van der Waals surface area (Å²) in [6.07, 6.45) is -15.5. The summed E-state index contributed by atoms with van der Waals surface area (Å²) in [6, 6.07) is 0. The Balaban J connectivity index is 1.14. The molecule has 17 nitrogen and oxygen atoms in total. The molecule has 4 aliphatic heterocycles. The number of carbonyl (C=O) groups is 2. The zero-order valence-corrected chi connectivity index (χ0v) is 35.8. The third kappa shape index (κ3) is 8.30. The molecule has 0 aromatic rings. The van der Waals surface area contributed by atoms with Crippen molar-refractivity contribution in [2.45, 2.75) is 191 Å². The second-order valence-corrected chi connectivity index (χ2v) is 20.5. The Kier molecular flexibility index (Phi) is 13.2. The largest absolute Gasteiger partial charge is 0.479 e. The Morgan fingerprint density at radius 3 is 2.10 bits per heavy atom. The second-order valence-electron chi connectivity index (χ2n) is 20.5. The van der Waals surface area contributed by atoms with Gasteiger partial charge in [0.1, 0.15) is 66.8 Å². The molecule has 7 fully saturated rings. The van der Waals surface area contributed by atoms with E-state index >= 15 is 0 Å². The maximum atomic E-state index is 13.0. The smallest absolute Gasteiger partial charge is 0.335 e. The van der Waals surface area contributed by atoms with Crippen molar-refractivity contribution in [3.63, 3.8) is 0 Å². The van der Waals surface area contributed by atoms with E-state index in [2.05, 4.69) is 40.7 Å². The van der Waals surface area contributed by atoms with Crippen LogP contribution >= 0.6 is 0 Å². The Bertz CT molecular complexity index is 1630. The van der Waals surface area contributed by atoms with Crippen molar-refractivity contribution >= 4 is 11.8 Å². The van der Waals surface area contributed by atoms with Gasteiger partial charge in [-0.15, -0.1) is 0 Å². The summed E-state index contributed by atoms with van der Waals surface area (Å²) in [5.74, 6) is 0.0451. The van der Waals surface area contributed by atoms with Gasteiger partial charge in [0.2, 0.25) is 0 Å². The highest BCUT2D eigenvalue weighted by Crippen LogP contribution is 2.67. The molecule has 4 heterocycles. The number of rotatable bonds is 6. The molecule has 0 aromatic heterocycles. The van der Waals surface area contributed by atoms with Crippen LogP contribution in [-0.4, -0.2) is 164 Å². The summed E-state index contributed by atoms with van der Waals surface area (Å²) in [7, 11) is 0. The van der Waals surface area contributed by atoms with Gasteiger partial charge in [0.25, 0.3) is 0 Å². The maximum absolute atomic E-state index is 13.0. The van der Waals surface area contributed by atoms with E-state index in [1.54, 1.807) is 0 Å². The van der Waals surface area contributed by atoms with Crippen molar-refractivity contribution in [3.05, 3.63) is 11.6 Å². The minimum absolute atomic E-state index is 0.0204. The number of carbonyl (C=O) groups excluding carboxylic acids is 1. The van der Waals surface area contributed by atoms with E-state index < -0.39 is 111 Å². The highest BCUT2D eigenvalue weighted by Gasteiger charge is 2.61. The number of hydrogen-bond donors (Lipinski definition) is 8. The molecule has 4 saturated heterocycles. The highest BCUT2D eigenvalue weighted by atomic mass is 16.8. The number of aliphatic hydroxyl groups is 7. The van der Waals surface area contributed by atoms with Gasteiger partial charge in [-0.2, -0.15) is 0 Å². The number of hydrogen-bond acceptors (Lipinski definition) is 16. The molecule has 61 heavy (non-hydrogen) atoms. The number of aliphatic hydroxyl groups excluding tert-OH is 7. The number of carboxylic acid groups (broad SMARTS) is 1. The van der Waals surface area contributed by atoms with Gasteiger partial charge in [-0.3, -0.25) is 4.79 Å². The van der Waals surface area contributed by atoms with Crippen LogP contribution in [0, 0.1) is 46.3 Å². The molecule has 0 aromatic carbocycles. The van der Waals surface area contributed by atoms with Crippen LogP contribution < -0.4 is 0 Å². The molecule has 346 valence electrons. The van der Waals surface area contributed by atoms with Gasteiger partial charge in [0, 0.05) is 12.8 Å². The summed E-state index contributed by atoms with van der Waals surface area (Å²) in [5, 5.41) is 87.4. The van der Waals surface area contributed by atoms with Crippen LogP contribution in [0.4, 0.5) is 0 Å². The van der Waals surface area contributed by atoms with E-state index in [1.807, 2.05) is 0 Å². The van der Waals surface area contributed by atoms with Crippen molar-refractivity contribution in [1.29, 1.82) is 0 Å². The van der Waals surface area contributed by atoms with Crippen LogP contribution in [-0.2, 0) is 42.7 Å². The monoisotopic (exact) mass is 868 g/mol. The van der Waals surface area contributed by atoms with E-state index in [0.717, 1.165) is 25.7 Å². The van der Waals surface area contributed by atoms with Gasteiger partial charge in [-0.05, 0) is 91.3 Å². The lowest BCUT2D eigenvalue weighted by Gasteiger charge is -2.60. The number of ketones is 1. The lowest BCUT2D eigenvalue weighted by atomic mass is 9.47. The third-order valence-corrected chi connectivity index (χ3v) is 16.2. The molecule has 23 atom stereocenters. The summed E-state index contributed by atoms with van der Waals surface area (Å²) >= 11 is 0. The van der Waals surface area contributed by atoms with Crippen LogP contribution in [0.15, 0.2) is 11.6 Å². The van der Waals surface area contributed by atoms with E-state index in [1.165, 1.54) is 5.57 Å². The number of aliphatic carboxylic acids is 1. The fraction of sp³-hybridized carbons (Fsp3) is 0.909. The Hall–Kier alpha value is -1.68. The number of Topliss-reactive ketones (excluding diaryl/α,β-unsaturated/α-hetero) is 1. The zero-order chi connectivity index (χ0) is 43.9. The van der Waals surface area contributed by atoms with Crippen LogP contribution in [0.2, 0.25) is 0 Å². The van der Waals surface area contributed by atoms with Gasteiger partial charge in [0.15, 0.2) is 25.0 Å². The molecule has 3 saturated carbocycles. The first-order valence-corrected chi connectivity index (χ1v) is 22.5. The van der Waals surface area contributed by atoms with Crippen LogP contribution in [0.3, 0.4) is 0 Å². The first-order chi connectivity index (χ1) is 28.8. The third-order valence-electron chi connectivity index (χ3n) is 16.2. The lowest BCUT2D eigenvalue weighted by molar-refractivity contribution is -0.386. The Labute approximate surface area is 356 Å². The maximum Gasteiger partial charge on any atom is 0.335 e. The number of fused-ring (bicyclic) bond motifs is 9. The second kappa shape index (κ2) is 17.6. The summed E-state index contributed by atoms with van der Waals surface area (Å²) in [5.41, 5.74) is 1.04. The highest BCUT2D eigenvalue weighted by molar-refractivity contribution is 5.78. The predicted molar refractivity (Wildman–Crippen MR) is 210 cm³/mol. The van der Waals surface area contributed by atoms with Crippen molar-refractivity contribution in [3.8, 4) is 0 Å². The fourth-order valence-corrected chi connectivity index (χ4v) is 13.0. The fourth-order valence-electron chi connectivity index (χ4n) is 13.0. The van der Waals surface area contributed by atoms with Crippen molar-refractivity contribution in [2.24, 2.45) is 46.3 Å². The minimum atomic E-state index is -1.96. The molecular formula is C44H68O17. The lowest BCUT2D eigenvalue weighted by Crippen LogP contribution is -2.66. The molecule has 0 spiro atoms. The average molecular weight is 869 g/mol. The molecule has 17 heteroatoms. The summed E-state index contributed by atoms with van der Waals surface area (Å²) < 4.78 is 43.2. The van der Waals surface area contributed by atoms with E-state index in [-0.39, 0.29) is 41.1 Å². The predicted octanol–water partition coefficient (Wildman–Crippen LogP) is 0.788. The molecular weight excluding hydrogens is 800 g/mol. The topological polar surface area (TPSA) is 261 Å². The van der Waals surface area contributed by atoms with Crippen molar-refractivity contribution < 1.29 is 83.6 Å². The summed E-state index contributed by atoms with van der Waals surface area (Å²) in [6.45, 7) is 10.4. The van der Waals surface area contributed by atoms with Crippen LogP contribution in [0.5, 0.6) is 0 Å². The molecule has 8 N–H and O–H groups in total. The molecule has 4 aliphatic carbocycles. The minimum Gasteiger partial charge on any atom is -0.479 e. The molecule has 23 unspecified atom stereocenters. The van der Waals surface area contributed by atoms with Crippen molar-refractivity contribution in [1.82, 2.24) is 0 Å². The van der Waals surface area contributed by atoms with E-state index in [0.29, 0.717) is 49.7 Å². The number of carboxylic acids is 1. The SMILES string of the molecule is CC(C)CC(=O)CC(C)C1CCC2C3=CC4OCC5OC(OC6C(OCC(O)C6O)OC6C(OC7CCC(C)(C3CCC21C)C4C7)OC(C(=O)O)C(O)C6O)C(O)C(O)C5O. The molecule has 4 bridgehead atoms. The first-order valence-electron chi connectivity index (χ1n) is 22.5. The molecule has 8 rings (SSSR count). The molecule has 0 radical (unpaired) electrons. The average Bonchev–Trinajstić information content (AvgIpc) is 3.56. The first kappa shape index (κ1) is 45.9. The number of allylic oxidation sites excluding steroid dienone is 1. The van der Waals surface area contributed by atoms with E-state index in [4.69, 9.17) is 33.2 Å². The molecule has 8 aliphatic rings. The molecule has 0 amide bonds. The van der Waals surface area contributed by atoms with Crippen molar-refractivity contribution in [2.75, 3.05) is 13.2 Å². The normalized spacial score (nSPS) is 51.9. The summed E-state index contributed by atoms with van der Waals surface area (Å²) in [4.78, 5) is 25.3.